The van der Waals surface area contributed by atoms with E-state index < -0.39 is 17.4 Å². The summed E-state index contributed by atoms with van der Waals surface area (Å²) in [5.74, 6) is -0.220. The molecular weight excluding hydrogens is 449 g/mol. The van der Waals surface area contributed by atoms with Gasteiger partial charge in [-0.3, -0.25) is 23.6 Å². The van der Waals surface area contributed by atoms with E-state index in [1.165, 1.54) is 16.7 Å². The Kier molecular flexibility index (Phi) is 6.60. The van der Waals surface area contributed by atoms with E-state index in [1.807, 2.05) is 0 Å². The molecule has 2 aromatic carbocycles. The molecule has 10 heteroatoms. The summed E-state index contributed by atoms with van der Waals surface area (Å²) in [4.78, 5) is 42.2. The molecule has 34 heavy (non-hydrogen) atoms. The summed E-state index contributed by atoms with van der Waals surface area (Å²) in [7, 11) is 0. The van der Waals surface area contributed by atoms with Gasteiger partial charge in [-0.25, -0.2) is 4.79 Å². The van der Waals surface area contributed by atoms with Crippen molar-refractivity contribution in [3.63, 3.8) is 0 Å². The molecule has 2 heterocycles. The van der Waals surface area contributed by atoms with Crippen molar-refractivity contribution in [2.75, 3.05) is 26.2 Å². The molecule has 1 aliphatic heterocycles. The van der Waals surface area contributed by atoms with E-state index in [0.717, 1.165) is 22.3 Å². The van der Waals surface area contributed by atoms with Crippen LogP contribution in [-0.2, 0) is 30.6 Å². The minimum atomic E-state index is -4.36. The highest BCUT2D eigenvalue weighted by atomic mass is 19.4. The molecule has 1 fully saturated rings. The number of piperazine rings is 1. The molecule has 4 rings (SSSR count). The van der Waals surface area contributed by atoms with Crippen molar-refractivity contribution >= 4 is 16.8 Å². The number of alkyl halides is 3. The third kappa shape index (κ3) is 4.77. The van der Waals surface area contributed by atoms with Gasteiger partial charge in [0, 0.05) is 39.3 Å². The standard InChI is InChI=1S/C24H25F3N4O3/c1-2-30-22(33)19-5-3-4-6-20(19)31(23(30)34)16-21(32)29-13-11-28(12-14-29)15-17-7-9-18(10-8-17)24(25,26)27/h3-10H,2,11-16H2,1H3. The summed E-state index contributed by atoms with van der Waals surface area (Å²) >= 11 is 0. The first-order valence-corrected chi connectivity index (χ1v) is 11.1. The second-order valence-electron chi connectivity index (χ2n) is 8.29. The molecule has 7 nitrogen and oxygen atoms in total. The largest absolute Gasteiger partial charge is 0.416 e. The van der Waals surface area contributed by atoms with Gasteiger partial charge in [0.25, 0.3) is 5.56 Å². The molecule has 0 N–H and O–H groups in total. The van der Waals surface area contributed by atoms with E-state index >= 15 is 0 Å². The summed E-state index contributed by atoms with van der Waals surface area (Å²) in [6.45, 7) is 4.26. The molecule has 0 atom stereocenters. The Bertz CT molecular complexity index is 1300. The maximum Gasteiger partial charge on any atom is 0.416 e. The lowest BCUT2D eigenvalue weighted by molar-refractivity contribution is -0.137. The van der Waals surface area contributed by atoms with Gasteiger partial charge in [0.2, 0.25) is 5.91 Å². The topological polar surface area (TPSA) is 67.6 Å². The summed E-state index contributed by atoms with van der Waals surface area (Å²) < 4.78 is 40.7. The average Bonchev–Trinajstić information content (AvgIpc) is 2.82. The molecule has 0 aliphatic carbocycles. The van der Waals surface area contributed by atoms with Gasteiger partial charge >= 0.3 is 11.9 Å². The van der Waals surface area contributed by atoms with Crippen molar-refractivity contribution in [2.45, 2.75) is 32.7 Å². The summed E-state index contributed by atoms with van der Waals surface area (Å²) in [6, 6.07) is 11.8. The zero-order valence-electron chi connectivity index (χ0n) is 18.7. The number of halogens is 3. The SMILES string of the molecule is CCn1c(=O)c2ccccc2n(CC(=O)N2CCN(Cc3ccc(C(F)(F)F)cc3)CC2)c1=O. The first-order valence-electron chi connectivity index (χ1n) is 11.1. The van der Waals surface area contributed by atoms with Gasteiger partial charge in [0.05, 0.1) is 16.5 Å². The second kappa shape index (κ2) is 9.46. The second-order valence-corrected chi connectivity index (χ2v) is 8.29. The van der Waals surface area contributed by atoms with Crippen molar-refractivity contribution in [1.82, 2.24) is 18.9 Å². The molecule has 3 aromatic rings. The molecule has 1 saturated heterocycles. The Labute approximate surface area is 193 Å². The van der Waals surface area contributed by atoms with Gasteiger partial charge in [-0.05, 0) is 36.8 Å². The normalized spacial score (nSPS) is 15.1. The molecule has 1 aromatic heterocycles. The number of aromatic nitrogens is 2. The Morgan fingerprint density at radius 2 is 1.56 bits per heavy atom. The zero-order valence-corrected chi connectivity index (χ0v) is 18.7. The lowest BCUT2D eigenvalue weighted by Crippen LogP contribution is -2.50. The fraction of sp³-hybridized carbons (Fsp3) is 0.375. The van der Waals surface area contributed by atoms with Crippen LogP contribution in [0.5, 0.6) is 0 Å². The quantitative estimate of drug-likeness (QED) is 0.570. The molecule has 0 bridgehead atoms. The van der Waals surface area contributed by atoms with Crippen LogP contribution in [-0.4, -0.2) is 51.0 Å². The molecular formula is C24H25F3N4O3. The molecule has 0 saturated carbocycles. The smallest absolute Gasteiger partial charge is 0.339 e. The summed E-state index contributed by atoms with van der Waals surface area (Å²) in [5, 5.41) is 0.387. The van der Waals surface area contributed by atoms with Crippen LogP contribution >= 0.6 is 0 Å². The van der Waals surface area contributed by atoms with Gasteiger partial charge in [-0.1, -0.05) is 24.3 Å². The summed E-state index contributed by atoms with van der Waals surface area (Å²) in [5.41, 5.74) is -0.364. The van der Waals surface area contributed by atoms with E-state index in [9.17, 15) is 27.6 Å². The van der Waals surface area contributed by atoms with Crippen LogP contribution in [0, 0.1) is 0 Å². The Balaban J connectivity index is 1.42. The minimum Gasteiger partial charge on any atom is -0.339 e. The van der Waals surface area contributed by atoms with Gasteiger partial charge in [0.15, 0.2) is 0 Å². The Morgan fingerprint density at radius 3 is 2.18 bits per heavy atom. The van der Waals surface area contributed by atoms with Gasteiger partial charge in [-0.2, -0.15) is 13.2 Å². The first kappa shape index (κ1) is 23.7. The number of carbonyl (C=O) groups is 1. The lowest BCUT2D eigenvalue weighted by atomic mass is 10.1. The highest BCUT2D eigenvalue weighted by Gasteiger charge is 2.30. The first-order chi connectivity index (χ1) is 16.2. The van der Waals surface area contributed by atoms with E-state index in [-0.39, 0.29) is 24.6 Å². The minimum absolute atomic E-state index is 0.168. The maximum absolute atomic E-state index is 13.0. The van der Waals surface area contributed by atoms with Crippen molar-refractivity contribution in [1.29, 1.82) is 0 Å². The maximum atomic E-state index is 13.0. The van der Waals surface area contributed by atoms with Gasteiger partial charge in [-0.15, -0.1) is 0 Å². The van der Waals surface area contributed by atoms with Crippen LogP contribution in [0.2, 0.25) is 0 Å². The van der Waals surface area contributed by atoms with Gasteiger partial charge < -0.3 is 4.90 Å². The van der Waals surface area contributed by atoms with E-state index in [2.05, 4.69) is 4.90 Å². The monoisotopic (exact) mass is 474 g/mol. The van der Waals surface area contributed by atoms with Crippen LogP contribution in [0.25, 0.3) is 10.9 Å². The third-order valence-electron chi connectivity index (χ3n) is 6.15. The number of fused-ring (bicyclic) bond motifs is 1. The third-order valence-corrected chi connectivity index (χ3v) is 6.15. The fourth-order valence-electron chi connectivity index (χ4n) is 4.25. The predicted molar refractivity (Wildman–Crippen MR) is 121 cm³/mol. The number of carbonyl (C=O) groups excluding carboxylic acids is 1. The molecule has 1 aliphatic rings. The number of amides is 1. The van der Waals surface area contributed by atoms with Crippen LogP contribution in [0.1, 0.15) is 18.1 Å². The number of para-hydroxylation sites is 1. The molecule has 0 unspecified atom stereocenters. The number of hydrogen-bond acceptors (Lipinski definition) is 4. The van der Waals surface area contributed by atoms with Crippen molar-refractivity contribution in [3.8, 4) is 0 Å². The molecule has 1 amide bonds. The predicted octanol–water partition coefficient (Wildman–Crippen LogP) is 2.55. The number of benzene rings is 2. The Hall–Kier alpha value is -3.40. The van der Waals surface area contributed by atoms with Crippen LogP contribution in [0.15, 0.2) is 58.1 Å². The Morgan fingerprint density at radius 1 is 0.912 bits per heavy atom. The van der Waals surface area contributed by atoms with Crippen molar-refractivity contribution in [3.05, 3.63) is 80.5 Å². The average molecular weight is 474 g/mol. The van der Waals surface area contributed by atoms with Crippen molar-refractivity contribution in [2.24, 2.45) is 0 Å². The highest BCUT2D eigenvalue weighted by molar-refractivity contribution is 5.81. The van der Waals surface area contributed by atoms with Crippen molar-refractivity contribution < 1.29 is 18.0 Å². The van der Waals surface area contributed by atoms with E-state index in [0.29, 0.717) is 43.6 Å². The van der Waals surface area contributed by atoms with Crippen LogP contribution in [0.3, 0.4) is 0 Å². The molecule has 0 spiro atoms. The van der Waals surface area contributed by atoms with Crippen LogP contribution < -0.4 is 11.2 Å². The van der Waals surface area contributed by atoms with Gasteiger partial charge in [0.1, 0.15) is 6.54 Å². The molecule has 180 valence electrons. The fourth-order valence-corrected chi connectivity index (χ4v) is 4.25. The van der Waals surface area contributed by atoms with E-state index in [4.69, 9.17) is 0 Å². The van der Waals surface area contributed by atoms with Crippen LogP contribution in [0.4, 0.5) is 13.2 Å². The number of hydrogen-bond donors (Lipinski definition) is 0. The number of nitrogens with zero attached hydrogens (tertiary/aromatic N) is 4. The lowest BCUT2D eigenvalue weighted by Gasteiger charge is -2.35. The zero-order chi connectivity index (χ0) is 24.5. The highest BCUT2D eigenvalue weighted by Crippen LogP contribution is 2.29. The van der Waals surface area contributed by atoms with E-state index in [1.54, 1.807) is 36.1 Å². The number of rotatable bonds is 5. The summed E-state index contributed by atoms with van der Waals surface area (Å²) in [6.07, 6.45) is -4.36. The molecule has 0 radical (unpaired) electrons.